The molecule has 1 spiro atoms. The summed E-state index contributed by atoms with van der Waals surface area (Å²) in [7, 11) is 0. The van der Waals surface area contributed by atoms with E-state index in [9.17, 15) is 0 Å². The van der Waals surface area contributed by atoms with Crippen molar-refractivity contribution in [3.8, 4) is 0 Å². The first-order valence-corrected chi connectivity index (χ1v) is 8.04. The van der Waals surface area contributed by atoms with Gasteiger partial charge in [-0.05, 0) is 30.6 Å². The molecule has 1 heterocycles. The monoisotopic (exact) mass is 266 g/mol. The second-order valence-corrected chi connectivity index (χ2v) is 8.35. The van der Waals surface area contributed by atoms with Gasteiger partial charge >= 0.3 is 0 Å². The largest absolute Gasteiger partial charge is 0.352 e. The molecule has 19 heavy (non-hydrogen) atoms. The fourth-order valence-corrected chi connectivity index (χ4v) is 5.28. The van der Waals surface area contributed by atoms with E-state index in [0.717, 1.165) is 12.5 Å². The van der Waals surface area contributed by atoms with Crippen LogP contribution in [0.25, 0.3) is 0 Å². The van der Waals surface area contributed by atoms with Crippen LogP contribution < -0.4 is 0 Å². The number of hydrogen-bond donors (Lipinski definition) is 0. The van der Waals surface area contributed by atoms with E-state index in [1.165, 1.54) is 19.3 Å². The summed E-state index contributed by atoms with van der Waals surface area (Å²) >= 11 is 0. The van der Waals surface area contributed by atoms with E-state index < -0.39 is 0 Å². The van der Waals surface area contributed by atoms with Crippen LogP contribution in [0.3, 0.4) is 0 Å². The highest BCUT2D eigenvalue weighted by molar-refractivity contribution is 5.20. The van der Waals surface area contributed by atoms with E-state index in [1.807, 2.05) is 0 Å². The molecule has 3 aliphatic rings. The van der Waals surface area contributed by atoms with Gasteiger partial charge in [0.15, 0.2) is 6.29 Å². The summed E-state index contributed by atoms with van der Waals surface area (Å²) < 4.78 is 12.6. The highest BCUT2D eigenvalue weighted by atomic mass is 16.7. The minimum atomic E-state index is -0.0109. The maximum atomic E-state index is 6.66. The molecular weight excluding hydrogens is 236 g/mol. The summed E-state index contributed by atoms with van der Waals surface area (Å²) in [5.41, 5.74) is 0.758. The highest BCUT2D eigenvalue weighted by Gasteiger charge is 2.72. The quantitative estimate of drug-likeness (QED) is 0.707. The second kappa shape index (κ2) is 3.98. The van der Waals surface area contributed by atoms with Crippen LogP contribution in [0, 0.1) is 28.6 Å². The zero-order chi connectivity index (χ0) is 14.1. The van der Waals surface area contributed by atoms with E-state index in [1.54, 1.807) is 0 Å². The van der Waals surface area contributed by atoms with Gasteiger partial charge in [-0.3, -0.25) is 0 Å². The molecule has 0 amide bonds. The van der Waals surface area contributed by atoms with Gasteiger partial charge < -0.3 is 9.47 Å². The summed E-state index contributed by atoms with van der Waals surface area (Å²) in [6, 6.07) is 0. The van der Waals surface area contributed by atoms with Crippen molar-refractivity contribution in [1.82, 2.24) is 0 Å². The Morgan fingerprint density at radius 2 is 1.84 bits per heavy atom. The van der Waals surface area contributed by atoms with Gasteiger partial charge in [-0.1, -0.05) is 41.5 Å². The normalized spacial score (nSPS) is 52.3. The van der Waals surface area contributed by atoms with Gasteiger partial charge in [-0.25, -0.2) is 0 Å². The van der Waals surface area contributed by atoms with Crippen LogP contribution in [-0.4, -0.2) is 18.5 Å². The average molecular weight is 266 g/mol. The van der Waals surface area contributed by atoms with Crippen LogP contribution in [-0.2, 0) is 9.47 Å². The Morgan fingerprint density at radius 1 is 1.16 bits per heavy atom. The van der Waals surface area contributed by atoms with Gasteiger partial charge in [0.1, 0.15) is 0 Å². The van der Waals surface area contributed by atoms with Crippen molar-refractivity contribution in [2.45, 2.75) is 72.7 Å². The standard InChI is InChI=1S/C17H30O2/c1-11(2)14-18-10-12(3)17(19-14)9-13-7-8-16(17,6)15(13,4)5/h11-14H,7-10H2,1-6H3/t12-,13-,14+,16-,17+/m1/s1. The molecule has 3 rings (SSSR count). The lowest BCUT2D eigenvalue weighted by Crippen LogP contribution is -2.60. The Hall–Kier alpha value is -0.0800. The van der Waals surface area contributed by atoms with Crippen molar-refractivity contribution < 1.29 is 9.47 Å². The molecule has 0 aromatic rings. The van der Waals surface area contributed by atoms with Crippen molar-refractivity contribution in [2.24, 2.45) is 28.6 Å². The molecule has 2 saturated carbocycles. The van der Waals surface area contributed by atoms with E-state index in [4.69, 9.17) is 9.47 Å². The third-order valence-corrected chi connectivity index (χ3v) is 7.10. The topological polar surface area (TPSA) is 18.5 Å². The van der Waals surface area contributed by atoms with Crippen molar-refractivity contribution in [2.75, 3.05) is 6.61 Å². The predicted octanol–water partition coefficient (Wildman–Crippen LogP) is 4.24. The molecule has 2 heteroatoms. The average Bonchev–Trinajstić information content (AvgIpc) is 2.64. The van der Waals surface area contributed by atoms with E-state index in [2.05, 4.69) is 41.5 Å². The van der Waals surface area contributed by atoms with E-state index >= 15 is 0 Å². The fraction of sp³-hybridized carbons (Fsp3) is 1.00. The molecule has 5 atom stereocenters. The minimum absolute atomic E-state index is 0.0109. The fourth-order valence-electron chi connectivity index (χ4n) is 5.28. The Kier molecular flexibility index (Phi) is 2.91. The van der Waals surface area contributed by atoms with Crippen molar-refractivity contribution in [3.05, 3.63) is 0 Å². The van der Waals surface area contributed by atoms with Gasteiger partial charge in [0, 0.05) is 17.3 Å². The Morgan fingerprint density at radius 3 is 2.32 bits per heavy atom. The number of fused-ring (bicyclic) bond motifs is 3. The molecule has 0 aromatic carbocycles. The van der Waals surface area contributed by atoms with Crippen molar-refractivity contribution >= 4 is 0 Å². The molecule has 2 bridgehead atoms. The number of rotatable bonds is 1. The first-order valence-electron chi connectivity index (χ1n) is 8.04. The first-order chi connectivity index (χ1) is 8.74. The maximum Gasteiger partial charge on any atom is 0.160 e. The molecule has 110 valence electrons. The van der Waals surface area contributed by atoms with E-state index in [0.29, 0.717) is 22.7 Å². The van der Waals surface area contributed by atoms with Crippen LogP contribution in [0.4, 0.5) is 0 Å². The number of ether oxygens (including phenoxy) is 2. The van der Waals surface area contributed by atoms with Crippen LogP contribution in [0.15, 0.2) is 0 Å². The minimum Gasteiger partial charge on any atom is -0.352 e. The van der Waals surface area contributed by atoms with E-state index in [-0.39, 0.29) is 11.9 Å². The van der Waals surface area contributed by atoms with Crippen LogP contribution >= 0.6 is 0 Å². The molecular formula is C17H30O2. The van der Waals surface area contributed by atoms with Gasteiger partial charge in [-0.2, -0.15) is 0 Å². The molecule has 0 unspecified atom stereocenters. The summed E-state index contributed by atoms with van der Waals surface area (Å²) in [4.78, 5) is 0. The molecule has 0 radical (unpaired) electrons. The SMILES string of the molecule is CC(C)[C@H]1OC[C@@H](C)[C@]2(C[C@H]3CC[C@]2(C)C3(C)C)O1. The molecule has 2 nitrogen and oxygen atoms in total. The Bertz CT molecular complexity index is 375. The lowest BCUT2D eigenvalue weighted by Gasteiger charge is -2.55. The van der Waals surface area contributed by atoms with Crippen LogP contribution in [0.2, 0.25) is 0 Å². The molecule has 0 aromatic heterocycles. The maximum absolute atomic E-state index is 6.66. The summed E-state index contributed by atoms with van der Waals surface area (Å²) in [6.07, 6.45) is 3.93. The number of hydrogen-bond acceptors (Lipinski definition) is 2. The Balaban J connectivity index is 1.99. The summed E-state index contributed by atoms with van der Waals surface area (Å²) in [5.74, 6) is 1.78. The van der Waals surface area contributed by atoms with Crippen molar-refractivity contribution in [1.29, 1.82) is 0 Å². The van der Waals surface area contributed by atoms with Gasteiger partial charge in [0.05, 0.1) is 12.2 Å². The van der Waals surface area contributed by atoms with Gasteiger partial charge in [-0.15, -0.1) is 0 Å². The van der Waals surface area contributed by atoms with Crippen LogP contribution in [0.5, 0.6) is 0 Å². The van der Waals surface area contributed by atoms with Crippen LogP contribution in [0.1, 0.15) is 60.8 Å². The first kappa shape index (κ1) is 13.9. The predicted molar refractivity (Wildman–Crippen MR) is 76.8 cm³/mol. The zero-order valence-corrected chi connectivity index (χ0v) is 13.5. The van der Waals surface area contributed by atoms with Gasteiger partial charge in [0.2, 0.25) is 0 Å². The summed E-state index contributed by atoms with van der Waals surface area (Å²) in [6.45, 7) is 15.0. The highest BCUT2D eigenvalue weighted by Crippen LogP contribution is 2.73. The second-order valence-electron chi connectivity index (χ2n) is 8.35. The zero-order valence-electron chi connectivity index (χ0n) is 13.5. The molecule has 3 fully saturated rings. The van der Waals surface area contributed by atoms with Crippen molar-refractivity contribution in [3.63, 3.8) is 0 Å². The lowest BCUT2D eigenvalue weighted by molar-refractivity contribution is -0.325. The molecule has 1 aliphatic heterocycles. The lowest BCUT2D eigenvalue weighted by atomic mass is 9.60. The smallest absolute Gasteiger partial charge is 0.160 e. The Labute approximate surface area is 118 Å². The third kappa shape index (κ3) is 1.51. The third-order valence-electron chi connectivity index (χ3n) is 7.10. The molecule has 2 aliphatic carbocycles. The summed E-state index contributed by atoms with van der Waals surface area (Å²) in [5, 5.41) is 0. The van der Waals surface area contributed by atoms with Gasteiger partial charge in [0.25, 0.3) is 0 Å². The molecule has 1 saturated heterocycles. The molecule has 0 N–H and O–H groups in total.